The predicted octanol–water partition coefficient (Wildman–Crippen LogP) is 3.76. The minimum Gasteiger partial charge on any atom is -0.457 e. The van der Waals surface area contributed by atoms with Gasteiger partial charge in [-0.3, -0.25) is 5.21 Å². The molecule has 0 bridgehead atoms. The summed E-state index contributed by atoms with van der Waals surface area (Å²) in [6.45, 7) is 1.71. The van der Waals surface area contributed by atoms with E-state index in [0.29, 0.717) is 22.3 Å². The molecule has 0 radical (unpaired) electrons. The summed E-state index contributed by atoms with van der Waals surface area (Å²) in [4.78, 5) is 11.7. The molecule has 1 aliphatic rings. The maximum atomic E-state index is 12.9. The number of hydroxylamine groups is 2. The molecule has 0 aliphatic carbocycles. The highest BCUT2D eigenvalue weighted by Crippen LogP contribution is 2.26. The lowest BCUT2D eigenvalue weighted by Crippen LogP contribution is -2.45. The van der Waals surface area contributed by atoms with Crippen LogP contribution in [0.25, 0.3) is 5.70 Å². The van der Waals surface area contributed by atoms with E-state index < -0.39 is 12.1 Å². The van der Waals surface area contributed by atoms with E-state index >= 15 is 0 Å². The van der Waals surface area contributed by atoms with Crippen LogP contribution in [0.3, 0.4) is 0 Å². The van der Waals surface area contributed by atoms with Crippen molar-refractivity contribution in [3.63, 3.8) is 0 Å². The average Bonchev–Trinajstić information content (AvgIpc) is 2.54. The van der Waals surface area contributed by atoms with E-state index in [-0.39, 0.29) is 5.82 Å². The Morgan fingerprint density at radius 2 is 1.91 bits per heavy atom. The van der Waals surface area contributed by atoms with Gasteiger partial charge < -0.3 is 10.1 Å². The van der Waals surface area contributed by atoms with Gasteiger partial charge in [-0.2, -0.15) is 5.06 Å². The molecular weight excluding hydrogens is 299 g/mol. The molecule has 0 saturated heterocycles. The van der Waals surface area contributed by atoms with Crippen molar-refractivity contribution in [3.05, 3.63) is 66.0 Å². The first kappa shape index (κ1) is 15.1. The van der Waals surface area contributed by atoms with Crippen LogP contribution < -0.4 is 10.1 Å². The summed E-state index contributed by atoms with van der Waals surface area (Å²) < 4.78 is 18.6. The van der Waals surface area contributed by atoms with Gasteiger partial charge in [0.15, 0.2) is 0 Å². The number of hydrogen-bond donors (Lipinski definition) is 2. The fraction of sp³-hybridized carbons (Fsp3) is 0.118. The number of halogens is 1. The molecule has 5 nitrogen and oxygen atoms in total. The topological polar surface area (TPSA) is 61.8 Å². The molecule has 2 N–H and O–H groups in total. The molecule has 23 heavy (non-hydrogen) atoms. The number of amides is 2. The number of carbonyl (C=O) groups is 1. The van der Waals surface area contributed by atoms with Gasteiger partial charge in [0.05, 0.1) is 6.04 Å². The van der Waals surface area contributed by atoms with Gasteiger partial charge in [0.2, 0.25) is 0 Å². The lowest BCUT2D eigenvalue weighted by atomic mass is 10.1. The molecule has 2 amide bonds. The van der Waals surface area contributed by atoms with E-state index in [1.165, 1.54) is 24.3 Å². The molecular formula is C17H15FN2O3. The molecule has 0 saturated carbocycles. The van der Waals surface area contributed by atoms with Gasteiger partial charge in [0, 0.05) is 11.3 Å². The number of urea groups is 1. The van der Waals surface area contributed by atoms with Gasteiger partial charge in [-0.15, -0.1) is 0 Å². The lowest BCUT2D eigenvalue weighted by Gasteiger charge is -2.27. The Morgan fingerprint density at radius 3 is 2.61 bits per heavy atom. The second kappa shape index (κ2) is 6.10. The fourth-order valence-corrected chi connectivity index (χ4v) is 2.25. The quantitative estimate of drug-likeness (QED) is 0.848. The van der Waals surface area contributed by atoms with Gasteiger partial charge in [-0.1, -0.05) is 12.1 Å². The van der Waals surface area contributed by atoms with Crippen molar-refractivity contribution in [3.8, 4) is 11.5 Å². The van der Waals surface area contributed by atoms with Gasteiger partial charge in [0.25, 0.3) is 0 Å². The highest BCUT2D eigenvalue weighted by molar-refractivity contribution is 5.87. The summed E-state index contributed by atoms with van der Waals surface area (Å²) in [5.74, 6) is 0.743. The standard InChI is InChI=1S/C17H15FN2O3/c1-11-9-16(19-17(21)20(11)22)12-3-2-4-15(10-12)23-14-7-5-13(18)6-8-14/h2-11,22H,1H3,(H,19,21). The van der Waals surface area contributed by atoms with Gasteiger partial charge in [0.1, 0.15) is 17.3 Å². The van der Waals surface area contributed by atoms with Crippen LogP contribution >= 0.6 is 0 Å². The molecule has 1 heterocycles. The predicted molar refractivity (Wildman–Crippen MR) is 82.5 cm³/mol. The van der Waals surface area contributed by atoms with Crippen molar-refractivity contribution in [1.29, 1.82) is 0 Å². The number of nitrogens with one attached hydrogen (secondary N) is 1. The Bertz CT molecular complexity index is 759. The van der Waals surface area contributed by atoms with Gasteiger partial charge in [-0.25, -0.2) is 9.18 Å². The summed E-state index contributed by atoms with van der Waals surface area (Å²) >= 11 is 0. The van der Waals surface area contributed by atoms with Crippen molar-refractivity contribution < 1.29 is 19.1 Å². The van der Waals surface area contributed by atoms with Gasteiger partial charge in [-0.05, 0) is 49.4 Å². The SMILES string of the molecule is CC1C=C(c2cccc(Oc3ccc(F)cc3)c2)NC(=O)N1O. The average molecular weight is 314 g/mol. The van der Waals surface area contributed by atoms with E-state index in [2.05, 4.69) is 5.32 Å². The molecule has 1 aliphatic heterocycles. The summed E-state index contributed by atoms with van der Waals surface area (Å²) in [6.07, 6.45) is 1.73. The minimum absolute atomic E-state index is 0.330. The Morgan fingerprint density at radius 1 is 1.17 bits per heavy atom. The Labute approximate surface area is 132 Å². The third kappa shape index (κ3) is 3.32. The molecule has 6 heteroatoms. The summed E-state index contributed by atoms with van der Waals surface area (Å²) in [6, 6.07) is 11.8. The van der Waals surface area contributed by atoms with Crippen molar-refractivity contribution in [2.24, 2.45) is 0 Å². The zero-order chi connectivity index (χ0) is 16.4. The highest BCUT2D eigenvalue weighted by atomic mass is 19.1. The minimum atomic E-state index is -0.583. The van der Waals surface area contributed by atoms with Crippen LogP contribution in [0, 0.1) is 5.82 Å². The van der Waals surface area contributed by atoms with E-state index in [9.17, 15) is 14.4 Å². The number of hydrogen-bond acceptors (Lipinski definition) is 3. The van der Waals surface area contributed by atoms with E-state index in [1.54, 1.807) is 31.2 Å². The van der Waals surface area contributed by atoms with Crippen molar-refractivity contribution in [2.45, 2.75) is 13.0 Å². The second-order valence-corrected chi connectivity index (χ2v) is 5.18. The fourth-order valence-electron chi connectivity index (χ4n) is 2.25. The maximum Gasteiger partial charge on any atom is 0.346 e. The third-order valence-electron chi connectivity index (χ3n) is 3.44. The normalized spacial score (nSPS) is 17.5. The first-order valence-electron chi connectivity index (χ1n) is 7.08. The second-order valence-electron chi connectivity index (χ2n) is 5.18. The third-order valence-corrected chi connectivity index (χ3v) is 3.44. The molecule has 0 fully saturated rings. The first-order chi connectivity index (χ1) is 11.0. The number of carbonyl (C=O) groups excluding carboxylic acids is 1. The number of rotatable bonds is 3. The molecule has 1 unspecified atom stereocenters. The van der Waals surface area contributed by atoms with Crippen molar-refractivity contribution in [1.82, 2.24) is 10.4 Å². The smallest absolute Gasteiger partial charge is 0.346 e. The van der Waals surface area contributed by atoms with Gasteiger partial charge >= 0.3 is 6.03 Å². The molecule has 0 aromatic heterocycles. The monoisotopic (exact) mass is 314 g/mol. The number of ether oxygens (including phenoxy) is 1. The maximum absolute atomic E-state index is 12.9. The Balaban J connectivity index is 1.84. The Hall–Kier alpha value is -2.86. The number of benzene rings is 2. The molecule has 118 valence electrons. The number of nitrogens with zero attached hydrogens (tertiary/aromatic N) is 1. The largest absolute Gasteiger partial charge is 0.457 e. The molecule has 2 aromatic rings. The van der Waals surface area contributed by atoms with Crippen molar-refractivity contribution in [2.75, 3.05) is 0 Å². The Kier molecular flexibility index (Phi) is 3.99. The summed E-state index contributed by atoms with van der Waals surface area (Å²) in [7, 11) is 0. The molecule has 3 rings (SSSR count). The van der Waals surface area contributed by atoms with Crippen molar-refractivity contribution >= 4 is 11.7 Å². The zero-order valence-electron chi connectivity index (χ0n) is 12.4. The summed E-state index contributed by atoms with van der Waals surface area (Å²) in [5, 5.41) is 12.7. The van der Waals surface area contributed by atoms with Crippen LogP contribution in [0.2, 0.25) is 0 Å². The van der Waals surface area contributed by atoms with Crippen LogP contribution in [0.15, 0.2) is 54.6 Å². The highest BCUT2D eigenvalue weighted by Gasteiger charge is 2.24. The van der Waals surface area contributed by atoms with Crippen LogP contribution in [-0.2, 0) is 0 Å². The summed E-state index contributed by atoms with van der Waals surface area (Å²) in [5.41, 5.74) is 1.34. The van der Waals surface area contributed by atoms with Crippen LogP contribution in [0.1, 0.15) is 12.5 Å². The van der Waals surface area contributed by atoms with Crippen LogP contribution in [0.5, 0.6) is 11.5 Å². The van der Waals surface area contributed by atoms with Crippen LogP contribution in [-0.4, -0.2) is 22.3 Å². The molecule has 0 spiro atoms. The van der Waals surface area contributed by atoms with E-state index in [0.717, 1.165) is 5.56 Å². The first-order valence-corrected chi connectivity index (χ1v) is 7.08. The zero-order valence-corrected chi connectivity index (χ0v) is 12.4. The lowest BCUT2D eigenvalue weighted by molar-refractivity contribution is -0.0607. The van der Waals surface area contributed by atoms with E-state index in [1.807, 2.05) is 6.07 Å². The molecule has 2 aromatic carbocycles. The van der Waals surface area contributed by atoms with E-state index in [4.69, 9.17) is 4.74 Å². The molecule has 1 atom stereocenters. The van der Waals surface area contributed by atoms with Crippen LogP contribution in [0.4, 0.5) is 9.18 Å².